The summed E-state index contributed by atoms with van der Waals surface area (Å²) >= 11 is 0. The summed E-state index contributed by atoms with van der Waals surface area (Å²) in [6, 6.07) is 7.85. The van der Waals surface area contributed by atoms with E-state index in [0.29, 0.717) is 17.1 Å². The van der Waals surface area contributed by atoms with E-state index < -0.39 is 0 Å². The van der Waals surface area contributed by atoms with Crippen LogP contribution < -0.4 is 5.69 Å². The molecule has 5 rings (SSSR count). The minimum atomic E-state index is -0.321. The van der Waals surface area contributed by atoms with Crippen LogP contribution in [0.5, 0.6) is 0 Å². The average Bonchev–Trinajstić information content (AvgIpc) is 3.36. The van der Waals surface area contributed by atoms with Crippen molar-refractivity contribution in [3.05, 3.63) is 46.8 Å². The Labute approximate surface area is 159 Å². The van der Waals surface area contributed by atoms with Crippen LogP contribution in [0.25, 0.3) is 33.9 Å². The summed E-state index contributed by atoms with van der Waals surface area (Å²) in [6.45, 7) is 0. The maximum absolute atomic E-state index is 11.7. The molecule has 0 atom stereocenters. The van der Waals surface area contributed by atoms with E-state index in [1.54, 1.807) is 0 Å². The van der Waals surface area contributed by atoms with Crippen LogP contribution in [0, 0.1) is 0 Å². The van der Waals surface area contributed by atoms with Crippen molar-refractivity contribution < 1.29 is 5.11 Å². The van der Waals surface area contributed by atoms with Crippen molar-refractivity contribution in [3.8, 4) is 22.6 Å². The second-order valence-corrected chi connectivity index (χ2v) is 7.15. The molecular weight excluding hydrogens is 358 g/mol. The average molecular weight is 377 g/mol. The molecule has 4 N–H and O–H groups in total. The second-order valence-electron chi connectivity index (χ2n) is 7.15. The lowest BCUT2D eigenvalue weighted by Gasteiger charge is -2.26. The minimum absolute atomic E-state index is 0.197. The van der Waals surface area contributed by atoms with Gasteiger partial charge in [0, 0.05) is 17.0 Å². The van der Waals surface area contributed by atoms with Crippen LogP contribution in [0.15, 0.2) is 35.4 Å². The number of fused-ring (bicyclic) bond motifs is 1. The fraction of sp³-hybridized carbons (Fsp3) is 0.316. The Morgan fingerprint density at radius 2 is 1.61 bits per heavy atom. The van der Waals surface area contributed by atoms with Gasteiger partial charge in [0.1, 0.15) is 6.33 Å². The van der Waals surface area contributed by atoms with Gasteiger partial charge >= 0.3 is 5.69 Å². The van der Waals surface area contributed by atoms with Gasteiger partial charge in [0.15, 0.2) is 17.1 Å². The van der Waals surface area contributed by atoms with Crippen LogP contribution in [0.1, 0.15) is 37.3 Å². The number of aromatic nitrogens is 7. The van der Waals surface area contributed by atoms with E-state index >= 15 is 0 Å². The van der Waals surface area contributed by atoms with Crippen LogP contribution in [-0.2, 0) is 0 Å². The number of aliphatic hydroxyl groups excluding tert-OH is 1. The first-order valence-electron chi connectivity index (χ1n) is 9.31. The van der Waals surface area contributed by atoms with E-state index in [1.165, 1.54) is 6.33 Å². The molecule has 0 amide bonds. The van der Waals surface area contributed by atoms with Crippen molar-refractivity contribution >= 4 is 11.3 Å². The number of aromatic amines is 3. The molecule has 1 fully saturated rings. The second kappa shape index (κ2) is 6.68. The van der Waals surface area contributed by atoms with Gasteiger partial charge in [-0.3, -0.25) is 15.1 Å². The van der Waals surface area contributed by atoms with E-state index in [2.05, 4.69) is 25.1 Å². The van der Waals surface area contributed by atoms with Crippen molar-refractivity contribution in [2.75, 3.05) is 0 Å². The number of nitrogens with zero attached hydrogens (tertiary/aromatic N) is 4. The zero-order chi connectivity index (χ0) is 19.1. The third-order valence-electron chi connectivity index (χ3n) is 5.32. The molecule has 0 spiro atoms. The fourth-order valence-electron chi connectivity index (χ4n) is 3.85. The highest BCUT2D eigenvalue weighted by Crippen LogP contribution is 2.37. The molecule has 0 radical (unpaired) electrons. The Balaban J connectivity index is 1.60. The lowest BCUT2D eigenvalue weighted by molar-refractivity contribution is 0.122. The predicted molar refractivity (Wildman–Crippen MR) is 103 cm³/mol. The molecule has 1 aromatic carbocycles. The van der Waals surface area contributed by atoms with Gasteiger partial charge in [-0.25, -0.2) is 19.7 Å². The highest BCUT2D eigenvalue weighted by molar-refractivity contribution is 5.74. The summed E-state index contributed by atoms with van der Waals surface area (Å²) in [5.41, 5.74) is 4.05. The molecule has 1 saturated carbocycles. The number of rotatable bonds is 3. The van der Waals surface area contributed by atoms with E-state index in [9.17, 15) is 9.90 Å². The molecular formula is C19H19N7O2. The first kappa shape index (κ1) is 16.8. The van der Waals surface area contributed by atoms with Gasteiger partial charge in [-0.1, -0.05) is 24.3 Å². The topological polar surface area (TPSA) is 136 Å². The van der Waals surface area contributed by atoms with Gasteiger partial charge in [-0.2, -0.15) is 5.10 Å². The Hall–Kier alpha value is -3.33. The maximum atomic E-state index is 11.7. The number of hydrogen-bond donors (Lipinski definition) is 4. The predicted octanol–water partition coefficient (Wildman–Crippen LogP) is 2.12. The largest absolute Gasteiger partial charge is 0.393 e. The summed E-state index contributed by atoms with van der Waals surface area (Å²) in [4.78, 5) is 30.7. The molecule has 0 saturated heterocycles. The molecule has 0 aliphatic heterocycles. The quantitative estimate of drug-likeness (QED) is 0.432. The molecule has 28 heavy (non-hydrogen) atoms. The number of benzene rings is 1. The number of H-pyrrole nitrogens is 3. The number of imidazole rings is 1. The van der Waals surface area contributed by atoms with E-state index in [0.717, 1.165) is 48.2 Å². The van der Waals surface area contributed by atoms with Crippen molar-refractivity contribution in [3.63, 3.8) is 0 Å². The molecule has 0 unspecified atom stereocenters. The summed E-state index contributed by atoms with van der Waals surface area (Å²) in [7, 11) is 0. The molecule has 3 aromatic heterocycles. The molecule has 9 nitrogen and oxygen atoms in total. The molecule has 3 heterocycles. The number of aliphatic hydroxyl groups is 1. The monoisotopic (exact) mass is 377 g/mol. The zero-order valence-electron chi connectivity index (χ0n) is 15.0. The van der Waals surface area contributed by atoms with E-state index in [-0.39, 0.29) is 17.7 Å². The zero-order valence-corrected chi connectivity index (χ0v) is 15.0. The van der Waals surface area contributed by atoms with Crippen LogP contribution in [0.3, 0.4) is 0 Å². The molecule has 142 valence electrons. The van der Waals surface area contributed by atoms with Gasteiger partial charge in [-0.05, 0) is 25.7 Å². The van der Waals surface area contributed by atoms with Gasteiger partial charge in [0.05, 0.1) is 17.5 Å². The molecule has 1 aliphatic carbocycles. The summed E-state index contributed by atoms with van der Waals surface area (Å²) in [6.07, 6.45) is 4.42. The highest BCUT2D eigenvalue weighted by Gasteiger charge is 2.26. The van der Waals surface area contributed by atoms with E-state index in [4.69, 9.17) is 9.97 Å². The Bertz CT molecular complexity index is 1150. The van der Waals surface area contributed by atoms with Gasteiger partial charge in [-0.15, -0.1) is 0 Å². The van der Waals surface area contributed by atoms with Crippen molar-refractivity contribution in [1.82, 2.24) is 35.1 Å². The number of hydrogen-bond acceptors (Lipinski definition) is 6. The summed E-state index contributed by atoms with van der Waals surface area (Å²) in [5, 5.41) is 16.6. The third-order valence-corrected chi connectivity index (χ3v) is 5.32. The first-order valence-corrected chi connectivity index (χ1v) is 9.31. The molecule has 9 heteroatoms. The maximum Gasteiger partial charge on any atom is 0.326 e. The van der Waals surface area contributed by atoms with E-state index in [1.807, 2.05) is 24.3 Å². The van der Waals surface area contributed by atoms with Gasteiger partial charge in [0.25, 0.3) is 0 Å². The first-order chi connectivity index (χ1) is 13.7. The molecule has 1 aliphatic rings. The third kappa shape index (κ3) is 2.99. The van der Waals surface area contributed by atoms with Crippen molar-refractivity contribution in [1.29, 1.82) is 0 Å². The van der Waals surface area contributed by atoms with Crippen LogP contribution in [-0.4, -0.2) is 46.3 Å². The Morgan fingerprint density at radius 3 is 2.29 bits per heavy atom. The lowest BCUT2D eigenvalue weighted by atomic mass is 9.83. The van der Waals surface area contributed by atoms with Crippen LogP contribution >= 0.6 is 0 Å². The minimum Gasteiger partial charge on any atom is -0.393 e. The van der Waals surface area contributed by atoms with Crippen molar-refractivity contribution in [2.24, 2.45) is 0 Å². The lowest BCUT2D eigenvalue weighted by Crippen LogP contribution is -2.18. The highest BCUT2D eigenvalue weighted by atomic mass is 16.3. The standard InChI is InChI=1S/C19H19N7O2/c27-13-7-5-11(6-8-13)15-14(22-17-18(23-15)25-19(28)24-17)10-1-3-12(4-2-10)16-20-9-21-26-16/h1-4,9,11,13,27H,5-8H2,(H,20,21,26)(H2,22,23,24,25,28). The Kier molecular flexibility index (Phi) is 4.01. The summed E-state index contributed by atoms with van der Waals surface area (Å²) in [5.74, 6) is 0.896. The smallest absolute Gasteiger partial charge is 0.326 e. The fourth-order valence-corrected chi connectivity index (χ4v) is 3.85. The normalized spacial score (nSPS) is 19.9. The molecule has 0 bridgehead atoms. The molecule has 4 aromatic rings. The van der Waals surface area contributed by atoms with Gasteiger partial charge in [0.2, 0.25) is 0 Å². The van der Waals surface area contributed by atoms with Crippen LogP contribution in [0.2, 0.25) is 0 Å². The SMILES string of the molecule is O=c1[nH]c2nc(-c3ccc(-c4ncn[nH]4)cc3)c(C3CCC(O)CC3)nc2[nH]1. The van der Waals surface area contributed by atoms with Crippen molar-refractivity contribution in [2.45, 2.75) is 37.7 Å². The Morgan fingerprint density at radius 1 is 0.929 bits per heavy atom. The van der Waals surface area contributed by atoms with Crippen LogP contribution in [0.4, 0.5) is 0 Å². The summed E-state index contributed by atoms with van der Waals surface area (Å²) < 4.78 is 0. The van der Waals surface area contributed by atoms with Gasteiger partial charge < -0.3 is 5.11 Å². The number of nitrogens with one attached hydrogen (secondary N) is 3.